The van der Waals surface area contributed by atoms with Gasteiger partial charge in [-0.2, -0.15) is 0 Å². The van der Waals surface area contributed by atoms with Crippen molar-refractivity contribution in [3.8, 4) is 5.75 Å². The molecule has 0 aromatic heterocycles. The van der Waals surface area contributed by atoms with Crippen molar-refractivity contribution in [2.45, 2.75) is 32.3 Å². The maximum Gasteiger partial charge on any atom is 0.317 e. The van der Waals surface area contributed by atoms with E-state index in [9.17, 15) is 4.79 Å². The van der Waals surface area contributed by atoms with Gasteiger partial charge in [0.1, 0.15) is 11.9 Å². The molecule has 2 amide bonds. The van der Waals surface area contributed by atoms with E-state index in [1.54, 1.807) is 0 Å². The molecule has 0 saturated carbocycles. The monoisotopic (exact) mass is 329 g/mol. The summed E-state index contributed by atoms with van der Waals surface area (Å²) in [4.78, 5) is 14.4. The Kier molecular flexibility index (Phi) is 4.35. The molecule has 3 heterocycles. The number of carbonyl (C=O) groups is 1. The summed E-state index contributed by atoms with van der Waals surface area (Å²) in [5.74, 6) is 2.43. The lowest BCUT2D eigenvalue weighted by Crippen LogP contribution is -2.48. The first-order valence-electron chi connectivity index (χ1n) is 9.21. The summed E-state index contributed by atoms with van der Waals surface area (Å²) >= 11 is 0. The molecule has 0 radical (unpaired) electrons. The highest BCUT2D eigenvalue weighted by atomic mass is 16.5. The molecule has 3 atom stereocenters. The van der Waals surface area contributed by atoms with E-state index in [4.69, 9.17) is 4.74 Å². The summed E-state index contributed by atoms with van der Waals surface area (Å²) in [7, 11) is 0. The van der Waals surface area contributed by atoms with Crippen LogP contribution < -0.4 is 15.4 Å². The summed E-state index contributed by atoms with van der Waals surface area (Å²) in [5, 5.41) is 6.54. The van der Waals surface area contributed by atoms with Crippen molar-refractivity contribution in [2.24, 2.45) is 11.8 Å². The van der Waals surface area contributed by atoms with E-state index >= 15 is 0 Å². The van der Waals surface area contributed by atoms with E-state index in [-0.39, 0.29) is 12.1 Å². The third kappa shape index (κ3) is 3.22. The smallest absolute Gasteiger partial charge is 0.317 e. The Labute approximate surface area is 143 Å². The number of hydrogen-bond donors (Lipinski definition) is 2. The Morgan fingerprint density at radius 3 is 3.17 bits per heavy atom. The first kappa shape index (κ1) is 15.8. The molecule has 2 fully saturated rings. The normalized spacial score (nSPS) is 28.2. The van der Waals surface area contributed by atoms with Crippen molar-refractivity contribution in [2.75, 3.05) is 32.7 Å². The average Bonchev–Trinajstić information content (AvgIpc) is 3.18. The third-order valence-corrected chi connectivity index (χ3v) is 5.64. The lowest BCUT2D eigenvalue weighted by molar-refractivity contribution is 0.151. The molecule has 3 aliphatic rings. The van der Waals surface area contributed by atoms with Crippen molar-refractivity contribution < 1.29 is 9.53 Å². The van der Waals surface area contributed by atoms with Crippen LogP contribution in [0.3, 0.4) is 0 Å². The predicted molar refractivity (Wildman–Crippen MR) is 93.4 cm³/mol. The zero-order valence-corrected chi connectivity index (χ0v) is 14.4. The number of likely N-dealkylation sites (tertiary alicyclic amines) is 1. The van der Waals surface area contributed by atoms with Crippen LogP contribution in [0.15, 0.2) is 18.2 Å². The zero-order valence-electron chi connectivity index (χ0n) is 14.4. The largest absolute Gasteiger partial charge is 0.490 e. The summed E-state index contributed by atoms with van der Waals surface area (Å²) < 4.78 is 5.74. The first-order chi connectivity index (χ1) is 11.7. The molecule has 2 saturated heterocycles. The van der Waals surface area contributed by atoms with Crippen molar-refractivity contribution in [3.05, 3.63) is 29.3 Å². The van der Waals surface area contributed by atoms with Gasteiger partial charge in [-0.3, -0.25) is 0 Å². The fourth-order valence-electron chi connectivity index (χ4n) is 4.28. The van der Waals surface area contributed by atoms with Crippen LogP contribution in [0.4, 0.5) is 4.79 Å². The molecular weight excluding hydrogens is 302 g/mol. The van der Waals surface area contributed by atoms with Crippen LogP contribution in [-0.4, -0.2) is 49.8 Å². The lowest BCUT2D eigenvalue weighted by Gasteiger charge is -2.34. The minimum Gasteiger partial charge on any atom is -0.490 e. The van der Waals surface area contributed by atoms with Gasteiger partial charge in [-0.15, -0.1) is 0 Å². The maximum atomic E-state index is 12.4. The van der Waals surface area contributed by atoms with Crippen molar-refractivity contribution in [1.82, 2.24) is 15.5 Å². The van der Waals surface area contributed by atoms with E-state index in [1.165, 1.54) is 11.1 Å². The lowest BCUT2D eigenvalue weighted by atomic mass is 9.89. The molecule has 5 nitrogen and oxygen atoms in total. The van der Waals surface area contributed by atoms with Crippen molar-refractivity contribution in [3.63, 3.8) is 0 Å². The van der Waals surface area contributed by atoms with Crippen LogP contribution in [0, 0.1) is 11.8 Å². The molecule has 4 rings (SSSR count). The van der Waals surface area contributed by atoms with Crippen LogP contribution in [0.1, 0.15) is 24.5 Å². The van der Waals surface area contributed by atoms with Crippen molar-refractivity contribution >= 4 is 6.03 Å². The second-order valence-electron chi connectivity index (χ2n) is 7.47. The van der Waals surface area contributed by atoms with Gasteiger partial charge in [0.25, 0.3) is 0 Å². The Bertz CT molecular complexity index is 619. The predicted octanol–water partition coefficient (Wildman–Crippen LogP) is 1.80. The molecule has 1 aromatic carbocycles. The van der Waals surface area contributed by atoms with Crippen molar-refractivity contribution in [1.29, 1.82) is 0 Å². The molecule has 24 heavy (non-hydrogen) atoms. The molecule has 1 unspecified atom stereocenters. The van der Waals surface area contributed by atoms with Gasteiger partial charge in [0.05, 0.1) is 0 Å². The van der Waals surface area contributed by atoms with E-state index in [0.29, 0.717) is 12.5 Å². The van der Waals surface area contributed by atoms with Gasteiger partial charge in [-0.1, -0.05) is 12.1 Å². The second kappa shape index (κ2) is 6.63. The van der Waals surface area contributed by atoms with Gasteiger partial charge < -0.3 is 20.3 Å². The first-order valence-corrected chi connectivity index (χ1v) is 9.21. The van der Waals surface area contributed by atoms with E-state index in [0.717, 1.165) is 57.1 Å². The second-order valence-corrected chi connectivity index (χ2v) is 7.47. The molecule has 0 bridgehead atoms. The number of carbonyl (C=O) groups excluding carboxylic acids is 1. The molecular formula is C19H27N3O2. The summed E-state index contributed by atoms with van der Waals surface area (Å²) in [6, 6.07) is 6.49. The Hall–Kier alpha value is -1.75. The Morgan fingerprint density at radius 2 is 2.25 bits per heavy atom. The topological polar surface area (TPSA) is 53.6 Å². The number of fused-ring (bicyclic) bond motifs is 2. The quantitative estimate of drug-likeness (QED) is 0.889. The molecule has 0 aliphatic carbocycles. The molecule has 2 N–H and O–H groups in total. The van der Waals surface area contributed by atoms with Crippen LogP contribution in [-0.2, 0) is 12.8 Å². The zero-order chi connectivity index (χ0) is 16.5. The number of amides is 2. The highest BCUT2D eigenvalue weighted by molar-refractivity contribution is 5.74. The molecule has 0 spiro atoms. The highest BCUT2D eigenvalue weighted by Gasteiger charge is 2.34. The number of rotatable bonds is 3. The molecule has 130 valence electrons. The molecule has 3 aliphatic heterocycles. The van der Waals surface area contributed by atoms with Crippen LogP contribution >= 0.6 is 0 Å². The van der Waals surface area contributed by atoms with E-state index < -0.39 is 0 Å². The van der Waals surface area contributed by atoms with Gasteiger partial charge in [0.15, 0.2) is 0 Å². The minimum atomic E-state index is 0.0958. The number of urea groups is 1. The summed E-state index contributed by atoms with van der Waals surface area (Å²) in [6.07, 6.45) is 3.27. The van der Waals surface area contributed by atoms with Gasteiger partial charge in [-0.05, 0) is 61.9 Å². The fraction of sp³-hybridized carbons (Fsp3) is 0.632. The number of piperidine rings is 1. The van der Waals surface area contributed by atoms with Gasteiger partial charge in [-0.25, -0.2) is 4.79 Å². The highest BCUT2D eigenvalue weighted by Crippen LogP contribution is 2.29. The summed E-state index contributed by atoms with van der Waals surface area (Å²) in [5.41, 5.74) is 2.56. The number of hydrogen-bond acceptors (Lipinski definition) is 3. The maximum absolute atomic E-state index is 12.4. The third-order valence-electron chi connectivity index (χ3n) is 5.64. The molecule has 1 aromatic rings. The Morgan fingerprint density at radius 1 is 1.38 bits per heavy atom. The van der Waals surface area contributed by atoms with Gasteiger partial charge in [0.2, 0.25) is 0 Å². The molecule has 5 heteroatoms. The fourth-order valence-corrected chi connectivity index (χ4v) is 4.28. The average molecular weight is 329 g/mol. The SMILES string of the molecule is CC1Cc2cc(CCNC(=O)N3CC[C@@H]4CNC[C@@H]4C3)ccc2O1. The van der Waals surface area contributed by atoms with Gasteiger partial charge in [0, 0.05) is 26.1 Å². The van der Waals surface area contributed by atoms with Crippen LogP contribution in [0.5, 0.6) is 5.75 Å². The number of nitrogens with one attached hydrogen (secondary N) is 2. The van der Waals surface area contributed by atoms with E-state index in [1.807, 2.05) is 4.90 Å². The minimum absolute atomic E-state index is 0.0958. The van der Waals surface area contributed by atoms with Crippen LogP contribution in [0.2, 0.25) is 0 Å². The standard InChI is InChI=1S/C19H27N3O2/c1-13-8-16-9-14(2-3-18(16)24-13)4-6-21-19(23)22-7-5-15-10-20-11-17(15)12-22/h2-3,9,13,15,17,20H,4-8,10-12H2,1H3,(H,21,23)/t13?,15-,17-/m1/s1. The summed E-state index contributed by atoms with van der Waals surface area (Å²) in [6.45, 7) is 6.77. The van der Waals surface area contributed by atoms with E-state index in [2.05, 4.69) is 35.8 Å². The Balaban J connectivity index is 1.25. The van der Waals surface area contributed by atoms with Gasteiger partial charge >= 0.3 is 6.03 Å². The number of ether oxygens (including phenoxy) is 1. The van der Waals surface area contributed by atoms with Crippen LogP contribution in [0.25, 0.3) is 0 Å². The number of benzene rings is 1. The number of nitrogens with zero attached hydrogens (tertiary/aromatic N) is 1.